The first-order chi connectivity index (χ1) is 4.81. The van der Waals surface area contributed by atoms with Crippen molar-refractivity contribution in [3.8, 4) is 0 Å². The molecule has 0 bridgehead atoms. The first-order valence-corrected chi connectivity index (χ1v) is 3.17. The molecule has 56 valence electrons. The van der Waals surface area contributed by atoms with Gasteiger partial charge >= 0.3 is 12.1 Å². The molecule has 0 radical (unpaired) electrons. The van der Waals surface area contributed by atoms with Gasteiger partial charge in [-0.1, -0.05) is 13.3 Å². The fourth-order valence-corrected chi connectivity index (χ4v) is 0.408. The number of aliphatic hydroxyl groups excluding tert-OH is 1. The van der Waals surface area contributed by atoms with Crippen molar-refractivity contribution < 1.29 is 9.84 Å². The van der Waals surface area contributed by atoms with E-state index in [1.807, 2.05) is 6.92 Å². The van der Waals surface area contributed by atoms with E-state index >= 15 is 0 Å². The molecule has 0 saturated heterocycles. The molecule has 0 aromatic heterocycles. The molecule has 4 nitrogen and oxygen atoms in total. The lowest BCUT2D eigenvalue weighted by Crippen LogP contribution is -1.92. The van der Waals surface area contributed by atoms with E-state index in [0.29, 0.717) is 6.61 Å². The third kappa shape index (κ3) is 4.91. The minimum absolute atomic E-state index is 0.351. The molecule has 0 atom stereocenters. The van der Waals surface area contributed by atoms with Gasteiger partial charge < -0.3 is 9.84 Å². The Bertz CT molecular complexity index is 148. The molecule has 0 spiro atoms. The van der Waals surface area contributed by atoms with Gasteiger partial charge in [0.15, 0.2) is 4.98 Å². The maximum absolute atomic E-state index is 8.66. The lowest BCUT2D eigenvalue weighted by atomic mass is 10.4. The van der Waals surface area contributed by atoms with Crippen LogP contribution in [0, 0.1) is 5.39 Å². The summed E-state index contributed by atoms with van der Waals surface area (Å²) in [7, 11) is 0. The van der Waals surface area contributed by atoms with E-state index in [4.69, 9.17) is 10.5 Å². The van der Waals surface area contributed by atoms with Crippen LogP contribution in [-0.4, -0.2) is 11.7 Å². The van der Waals surface area contributed by atoms with E-state index in [0.717, 1.165) is 19.0 Å². The third-order valence-electron chi connectivity index (χ3n) is 0.916. The second kappa shape index (κ2) is 5.89. The molecule has 4 heteroatoms. The summed E-state index contributed by atoms with van der Waals surface area (Å²) in [6, 6.07) is 0. The molecule has 0 unspecified atom stereocenters. The van der Waals surface area contributed by atoms with Crippen LogP contribution in [0.15, 0.2) is 12.1 Å². The largest absolute Gasteiger partial charge is 0.476 e. The predicted molar refractivity (Wildman–Crippen MR) is 36.7 cm³/mol. The van der Waals surface area contributed by atoms with Crippen molar-refractivity contribution >= 4 is 0 Å². The minimum Gasteiger partial charge on any atom is -0.476 e. The van der Waals surface area contributed by atoms with Gasteiger partial charge in [-0.2, -0.15) is 0 Å². The zero-order chi connectivity index (χ0) is 7.82. The zero-order valence-electron chi connectivity index (χ0n) is 5.95. The second-order valence-electron chi connectivity index (χ2n) is 1.78. The van der Waals surface area contributed by atoms with Gasteiger partial charge in [0.25, 0.3) is 0 Å². The number of nitrogens with zero attached hydrogens (tertiary/aromatic N) is 2. The molecule has 0 aromatic rings. The highest BCUT2D eigenvalue weighted by Gasteiger charge is 1.97. The molecule has 0 aliphatic carbocycles. The van der Waals surface area contributed by atoms with E-state index in [1.54, 1.807) is 0 Å². The fourth-order valence-electron chi connectivity index (χ4n) is 0.408. The molecule has 0 saturated carbocycles. The Kier molecular flexibility index (Phi) is 5.16. The average molecular weight is 143 g/mol. The van der Waals surface area contributed by atoms with Crippen molar-refractivity contribution in [2.75, 3.05) is 6.61 Å². The van der Waals surface area contributed by atoms with Crippen molar-refractivity contribution in [2.45, 2.75) is 19.8 Å². The third-order valence-corrected chi connectivity index (χ3v) is 0.916. The Morgan fingerprint density at radius 3 is 3.00 bits per heavy atom. The van der Waals surface area contributed by atoms with Crippen molar-refractivity contribution in [3.05, 3.63) is 17.1 Å². The number of ether oxygens (including phenoxy) is 1. The lowest BCUT2D eigenvalue weighted by Gasteiger charge is -1.97. The summed E-state index contributed by atoms with van der Waals surface area (Å²) < 4.78 is 4.69. The van der Waals surface area contributed by atoms with Crippen molar-refractivity contribution in [1.29, 1.82) is 5.39 Å². The maximum Gasteiger partial charge on any atom is 0.429 e. The smallest absolute Gasteiger partial charge is 0.429 e. The van der Waals surface area contributed by atoms with Crippen LogP contribution in [0.5, 0.6) is 0 Å². The van der Waals surface area contributed by atoms with Gasteiger partial charge in [-0.3, -0.25) is 0 Å². The minimum atomic E-state index is -0.351. The SMILES string of the molecule is CCCCO/C(O)=C/[N+]#N. The molecule has 10 heavy (non-hydrogen) atoms. The van der Waals surface area contributed by atoms with Crippen LogP contribution in [-0.2, 0) is 4.74 Å². The summed E-state index contributed by atoms with van der Waals surface area (Å²) in [6.45, 7) is 2.47. The zero-order valence-corrected chi connectivity index (χ0v) is 5.95. The van der Waals surface area contributed by atoms with Crippen molar-refractivity contribution in [1.82, 2.24) is 0 Å². The molecule has 0 aliphatic heterocycles. The van der Waals surface area contributed by atoms with Crippen LogP contribution < -0.4 is 0 Å². The highest BCUT2D eigenvalue weighted by Crippen LogP contribution is 1.95. The molecule has 0 amide bonds. The van der Waals surface area contributed by atoms with Crippen LogP contribution in [0.4, 0.5) is 0 Å². The number of hydrogen-bond acceptors (Lipinski definition) is 3. The molecular formula is C6H11N2O2+. The Balaban J connectivity index is 3.32. The van der Waals surface area contributed by atoms with Gasteiger partial charge in [-0.05, 0) is 6.42 Å². The topological polar surface area (TPSA) is 57.6 Å². The number of diazo groups is 1. The summed E-state index contributed by atoms with van der Waals surface area (Å²) in [4.78, 5) is 2.58. The average Bonchev–Trinajstić information content (AvgIpc) is 1.89. The molecule has 0 rings (SSSR count). The van der Waals surface area contributed by atoms with E-state index in [1.165, 1.54) is 0 Å². The van der Waals surface area contributed by atoms with Gasteiger partial charge in [-0.25, -0.2) is 0 Å². The molecule has 0 fully saturated rings. The Morgan fingerprint density at radius 1 is 1.80 bits per heavy atom. The Morgan fingerprint density at radius 2 is 2.50 bits per heavy atom. The quantitative estimate of drug-likeness (QED) is 0.372. The summed E-state index contributed by atoms with van der Waals surface area (Å²) in [5.74, 6) is -0.351. The van der Waals surface area contributed by atoms with Gasteiger partial charge in [0.1, 0.15) is 0 Å². The first kappa shape index (κ1) is 8.76. The van der Waals surface area contributed by atoms with Crippen molar-refractivity contribution in [2.24, 2.45) is 0 Å². The highest BCUT2D eigenvalue weighted by atomic mass is 16.6. The number of rotatable bonds is 4. The standard InChI is InChI=1S/C6H10N2O2/c1-2-3-4-10-6(9)5-8-7/h5H,2-4H2,1H3/p+1/b6-5+. The van der Waals surface area contributed by atoms with Gasteiger partial charge in [0, 0.05) is 0 Å². The highest BCUT2D eigenvalue weighted by molar-refractivity contribution is 4.87. The van der Waals surface area contributed by atoms with Crippen LogP contribution in [0.25, 0.3) is 4.98 Å². The number of aliphatic hydroxyl groups is 1. The van der Waals surface area contributed by atoms with Gasteiger partial charge in [-0.15, -0.1) is 0 Å². The summed E-state index contributed by atoms with van der Waals surface area (Å²) >= 11 is 0. The number of unbranched alkanes of at least 4 members (excludes halogenated alkanes) is 1. The number of hydrogen-bond donors (Lipinski definition) is 1. The Hall–Kier alpha value is -1.24. The second-order valence-corrected chi connectivity index (χ2v) is 1.78. The van der Waals surface area contributed by atoms with Gasteiger partial charge in [0.05, 0.1) is 6.61 Å². The summed E-state index contributed by atoms with van der Waals surface area (Å²) in [5.41, 5.74) is 0. The summed E-state index contributed by atoms with van der Waals surface area (Å²) in [6.07, 6.45) is 2.72. The van der Waals surface area contributed by atoms with Crippen LogP contribution in [0.1, 0.15) is 19.8 Å². The van der Waals surface area contributed by atoms with Gasteiger partial charge in [0.2, 0.25) is 5.39 Å². The normalized spacial score (nSPS) is 10.6. The molecular weight excluding hydrogens is 132 g/mol. The van der Waals surface area contributed by atoms with E-state index < -0.39 is 0 Å². The molecule has 0 heterocycles. The molecule has 0 aromatic carbocycles. The maximum atomic E-state index is 8.66. The lowest BCUT2D eigenvalue weighted by molar-refractivity contribution is 0.0915. The fraction of sp³-hybridized carbons (Fsp3) is 0.667. The van der Waals surface area contributed by atoms with E-state index in [-0.39, 0.29) is 5.95 Å². The van der Waals surface area contributed by atoms with Crippen LogP contribution in [0.3, 0.4) is 0 Å². The first-order valence-electron chi connectivity index (χ1n) is 3.17. The monoisotopic (exact) mass is 143 g/mol. The van der Waals surface area contributed by atoms with Crippen molar-refractivity contribution in [3.63, 3.8) is 0 Å². The van der Waals surface area contributed by atoms with E-state index in [9.17, 15) is 0 Å². The van der Waals surface area contributed by atoms with Crippen LogP contribution in [0.2, 0.25) is 0 Å². The van der Waals surface area contributed by atoms with E-state index in [2.05, 4.69) is 9.71 Å². The Labute approximate surface area is 59.7 Å². The predicted octanol–water partition coefficient (Wildman–Crippen LogP) is 2.01. The van der Waals surface area contributed by atoms with Crippen LogP contribution >= 0.6 is 0 Å². The molecule has 0 aliphatic rings. The summed E-state index contributed by atoms with van der Waals surface area (Å²) in [5, 5.41) is 16.6. The molecule has 1 N–H and O–H groups in total.